The van der Waals surface area contributed by atoms with E-state index in [1.54, 1.807) is 23.2 Å². The van der Waals surface area contributed by atoms with Gasteiger partial charge in [-0.2, -0.15) is 10.2 Å². The average molecular weight is 536 g/mol. The van der Waals surface area contributed by atoms with E-state index in [4.69, 9.17) is 4.74 Å². The number of imidazole rings is 1. The van der Waals surface area contributed by atoms with Crippen molar-refractivity contribution in [2.45, 2.75) is 32.9 Å². The number of carbonyl (C=O) groups excluding carboxylic acids is 1. The number of ether oxygens (including phenoxy) is 1. The monoisotopic (exact) mass is 535 g/mol. The van der Waals surface area contributed by atoms with Gasteiger partial charge in [0, 0.05) is 35.6 Å². The van der Waals surface area contributed by atoms with Crippen molar-refractivity contribution in [1.82, 2.24) is 33.9 Å². The summed E-state index contributed by atoms with van der Waals surface area (Å²) in [4.78, 5) is 21.0. The molecule has 0 aliphatic carbocycles. The van der Waals surface area contributed by atoms with Gasteiger partial charge >= 0.3 is 6.09 Å². The Labute approximate surface area is 230 Å². The number of hydrogen-bond donors (Lipinski definition) is 2. The number of nitrogens with zero attached hydrogens (tertiary/aromatic N) is 7. The molecule has 11 heteroatoms. The Balaban J connectivity index is 1.17. The van der Waals surface area contributed by atoms with Crippen LogP contribution in [0.5, 0.6) is 0 Å². The maximum atomic E-state index is 12.5. The molecule has 40 heavy (non-hydrogen) atoms. The van der Waals surface area contributed by atoms with Crippen molar-refractivity contribution in [3.63, 3.8) is 0 Å². The third-order valence-electron chi connectivity index (χ3n) is 6.70. The Bertz CT molecular complexity index is 1740. The van der Waals surface area contributed by atoms with Crippen LogP contribution >= 0.6 is 0 Å². The van der Waals surface area contributed by atoms with Gasteiger partial charge in [0.05, 0.1) is 43.1 Å². The van der Waals surface area contributed by atoms with Crippen molar-refractivity contribution in [1.29, 1.82) is 0 Å². The van der Waals surface area contributed by atoms with Crippen LogP contribution in [-0.4, -0.2) is 46.6 Å². The minimum absolute atomic E-state index is 0.301. The maximum Gasteiger partial charge on any atom is 0.411 e. The summed E-state index contributed by atoms with van der Waals surface area (Å²) in [5.41, 5.74) is 5.47. The molecule has 0 saturated carbocycles. The first-order valence-electron chi connectivity index (χ1n) is 13.2. The van der Waals surface area contributed by atoms with Crippen LogP contribution in [0.4, 0.5) is 22.0 Å². The number of aromatic nitrogens is 7. The van der Waals surface area contributed by atoms with Crippen molar-refractivity contribution in [3.05, 3.63) is 97.1 Å². The molecule has 202 valence electrons. The summed E-state index contributed by atoms with van der Waals surface area (Å²) in [7, 11) is 0. The smallest absolute Gasteiger partial charge is 0.411 e. The second-order valence-electron chi connectivity index (χ2n) is 9.38. The molecule has 0 saturated heterocycles. The zero-order valence-electron chi connectivity index (χ0n) is 22.1. The molecule has 0 fully saturated rings. The minimum Gasteiger partial charge on any atom is -0.449 e. The van der Waals surface area contributed by atoms with Crippen LogP contribution in [0.2, 0.25) is 0 Å². The van der Waals surface area contributed by atoms with Crippen LogP contribution < -0.4 is 10.6 Å². The lowest BCUT2D eigenvalue weighted by Crippen LogP contribution is -2.15. The highest BCUT2D eigenvalue weighted by atomic mass is 16.5. The fraction of sp³-hybridized carbons (Fsp3) is 0.207. The predicted octanol–water partition coefficient (Wildman–Crippen LogP) is 5.27. The fourth-order valence-electron chi connectivity index (χ4n) is 4.79. The summed E-state index contributed by atoms with van der Waals surface area (Å²) in [5, 5.41) is 16.3. The Kier molecular flexibility index (Phi) is 7.08. The average Bonchev–Trinajstić information content (AvgIpc) is 3.71. The first kappa shape index (κ1) is 25.1. The highest BCUT2D eigenvalue weighted by Gasteiger charge is 2.17. The Morgan fingerprint density at radius 2 is 2.00 bits per heavy atom. The first-order valence-corrected chi connectivity index (χ1v) is 13.2. The molecule has 0 aliphatic heterocycles. The standard InChI is InChI=1S/C29H29N9O2/c1-2-24-25(35-29(39)40-14-6-12-36-13-11-30-20-36)18-38-27(24)28(31-19-33-38)34-23-9-10-26-22(15-23)16-32-37(26)17-21-7-4-3-5-8-21/h3-5,7-11,13,15-16,18-20H,2,6,12,14,17H2,1H3,(H,35,39)(H,31,33,34). The molecule has 2 N–H and O–H groups in total. The second kappa shape index (κ2) is 11.3. The number of hydrogen-bond acceptors (Lipinski definition) is 7. The minimum atomic E-state index is -0.503. The Hall–Kier alpha value is -5.19. The molecule has 0 spiro atoms. The van der Waals surface area contributed by atoms with Gasteiger partial charge in [-0.05, 0) is 36.6 Å². The quantitative estimate of drug-likeness (QED) is 0.230. The van der Waals surface area contributed by atoms with Crippen molar-refractivity contribution >= 4 is 39.7 Å². The molecule has 0 radical (unpaired) electrons. The normalized spacial score (nSPS) is 11.2. The summed E-state index contributed by atoms with van der Waals surface area (Å²) in [6.45, 7) is 3.76. The molecule has 11 nitrogen and oxygen atoms in total. The zero-order chi connectivity index (χ0) is 27.3. The van der Waals surface area contributed by atoms with E-state index in [0.29, 0.717) is 37.5 Å². The molecule has 0 aliphatic rings. The molecule has 4 aromatic heterocycles. The van der Waals surface area contributed by atoms with E-state index < -0.39 is 6.09 Å². The van der Waals surface area contributed by atoms with Crippen molar-refractivity contribution in [2.24, 2.45) is 0 Å². The van der Waals surface area contributed by atoms with Crippen LogP contribution in [0.15, 0.2) is 86.0 Å². The molecule has 0 atom stereocenters. The van der Waals surface area contributed by atoms with Gasteiger partial charge in [-0.25, -0.2) is 19.3 Å². The van der Waals surface area contributed by atoms with Gasteiger partial charge in [0.25, 0.3) is 0 Å². The van der Waals surface area contributed by atoms with E-state index >= 15 is 0 Å². The van der Waals surface area contributed by atoms with E-state index in [0.717, 1.165) is 34.2 Å². The van der Waals surface area contributed by atoms with Gasteiger partial charge in [0.2, 0.25) is 0 Å². The van der Waals surface area contributed by atoms with Crippen molar-refractivity contribution < 1.29 is 9.53 Å². The SMILES string of the molecule is CCc1c(NC(=O)OCCCn2ccnc2)cn2ncnc(Nc3ccc4c(cnn4Cc4ccccc4)c3)c12. The van der Waals surface area contributed by atoms with Gasteiger partial charge in [0.1, 0.15) is 11.8 Å². The highest BCUT2D eigenvalue weighted by molar-refractivity contribution is 5.91. The van der Waals surface area contributed by atoms with Crippen LogP contribution in [0.3, 0.4) is 0 Å². The molecule has 2 aromatic carbocycles. The van der Waals surface area contributed by atoms with Crippen molar-refractivity contribution in [3.8, 4) is 0 Å². The number of anilines is 3. The molecule has 0 bridgehead atoms. The number of rotatable bonds is 10. The lowest BCUT2D eigenvalue weighted by molar-refractivity contribution is 0.158. The summed E-state index contributed by atoms with van der Waals surface area (Å²) >= 11 is 0. The van der Waals surface area contributed by atoms with Crippen LogP contribution in [0.1, 0.15) is 24.5 Å². The van der Waals surface area contributed by atoms with Gasteiger partial charge in [0.15, 0.2) is 5.82 Å². The number of benzene rings is 2. The van der Waals surface area contributed by atoms with E-state index in [-0.39, 0.29) is 0 Å². The summed E-state index contributed by atoms with van der Waals surface area (Å²) in [6.07, 6.45) is 11.3. The lowest BCUT2D eigenvalue weighted by atomic mass is 10.2. The largest absolute Gasteiger partial charge is 0.449 e. The third-order valence-corrected chi connectivity index (χ3v) is 6.70. The van der Waals surface area contributed by atoms with Gasteiger partial charge < -0.3 is 14.6 Å². The number of nitrogens with one attached hydrogen (secondary N) is 2. The van der Waals surface area contributed by atoms with Crippen LogP contribution in [-0.2, 0) is 24.2 Å². The van der Waals surface area contributed by atoms with E-state index in [1.165, 1.54) is 11.9 Å². The van der Waals surface area contributed by atoms with Gasteiger partial charge in [-0.15, -0.1) is 0 Å². The number of amides is 1. The number of aryl methyl sites for hydroxylation is 2. The molecule has 4 heterocycles. The molecular weight excluding hydrogens is 506 g/mol. The summed E-state index contributed by atoms with van der Waals surface area (Å²) in [5.74, 6) is 0.643. The van der Waals surface area contributed by atoms with E-state index in [9.17, 15) is 4.79 Å². The molecule has 0 unspecified atom stereocenters. The van der Waals surface area contributed by atoms with E-state index in [1.807, 2.05) is 52.8 Å². The topological polar surface area (TPSA) is 116 Å². The second-order valence-corrected chi connectivity index (χ2v) is 9.38. The number of fused-ring (bicyclic) bond motifs is 2. The summed E-state index contributed by atoms with van der Waals surface area (Å²) < 4.78 is 11.1. The van der Waals surface area contributed by atoms with Crippen LogP contribution in [0.25, 0.3) is 16.4 Å². The lowest BCUT2D eigenvalue weighted by Gasteiger charge is -2.10. The summed E-state index contributed by atoms with van der Waals surface area (Å²) in [6, 6.07) is 16.4. The third kappa shape index (κ3) is 5.35. The predicted molar refractivity (Wildman–Crippen MR) is 153 cm³/mol. The Morgan fingerprint density at radius 3 is 2.83 bits per heavy atom. The number of carbonyl (C=O) groups is 1. The Morgan fingerprint density at radius 1 is 1.10 bits per heavy atom. The maximum absolute atomic E-state index is 12.5. The molecular formula is C29H29N9O2. The van der Waals surface area contributed by atoms with E-state index in [2.05, 4.69) is 55.1 Å². The van der Waals surface area contributed by atoms with Gasteiger partial charge in [-0.1, -0.05) is 37.3 Å². The van der Waals surface area contributed by atoms with Crippen LogP contribution in [0, 0.1) is 0 Å². The fourth-order valence-corrected chi connectivity index (χ4v) is 4.79. The molecule has 1 amide bonds. The first-order chi connectivity index (χ1) is 19.7. The molecule has 6 aromatic rings. The highest BCUT2D eigenvalue weighted by Crippen LogP contribution is 2.30. The molecule has 6 rings (SSSR count). The van der Waals surface area contributed by atoms with Gasteiger partial charge in [-0.3, -0.25) is 10.00 Å². The zero-order valence-corrected chi connectivity index (χ0v) is 22.1. The van der Waals surface area contributed by atoms with Crippen molar-refractivity contribution in [2.75, 3.05) is 17.2 Å².